The third-order valence-electron chi connectivity index (χ3n) is 5.32. The van der Waals surface area contributed by atoms with Crippen LogP contribution >= 0.6 is 0 Å². The number of nitrogens with zero attached hydrogens (tertiary/aromatic N) is 2. The van der Waals surface area contributed by atoms with Crippen molar-refractivity contribution in [3.8, 4) is 0 Å². The molecular weight excluding hydrogens is 368 g/mol. The van der Waals surface area contributed by atoms with Gasteiger partial charge in [0.15, 0.2) is 6.61 Å². The molecule has 2 aromatic rings. The van der Waals surface area contributed by atoms with Crippen LogP contribution in [0.2, 0.25) is 0 Å². The van der Waals surface area contributed by atoms with Gasteiger partial charge < -0.3 is 9.15 Å². The van der Waals surface area contributed by atoms with Crippen molar-refractivity contribution in [1.29, 1.82) is 0 Å². The summed E-state index contributed by atoms with van der Waals surface area (Å²) in [5, 5.41) is 5.93. The molecule has 0 saturated heterocycles. The molecule has 2 heterocycles. The van der Waals surface area contributed by atoms with Gasteiger partial charge in [-0.25, -0.2) is 5.01 Å². The topological polar surface area (TPSA) is 72.1 Å². The molecule has 150 valence electrons. The fraction of sp³-hybridized carbons (Fsp3) is 0.348. The molecular formula is C23H24N2O4. The van der Waals surface area contributed by atoms with Gasteiger partial charge >= 0.3 is 5.97 Å². The highest BCUT2D eigenvalue weighted by atomic mass is 16.5. The van der Waals surface area contributed by atoms with Gasteiger partial charge in [-0.2, -0.15) is 5.10 Å². The Balaban J connectivity index is 1.45. The second-order valence-electron chi connectivity index (χ2n) is 7.52. The molecule has 6 heteroatoms. The maximum atomic E-state index is 12.8. The van der Waals surface area contributed by atoms with E-state index in [1.54, 1.807) is 12.3 Å². The van der Waals surface area contributed by atoms with E-state index in [4.69, 9.17) is 9.15 Å². The molecule has 1 aliphatic heterocycles. The molecule has 0 spiro atoms. The molecule has 0 saturated carbocycles. The monoisotopic (exact) mass is 392 g/mol. The van der Waals surface area contributed by atoms with Crippen molar-refractivity contribution in [3.05, 3.63) is 71.7 Å². The number of benzene rings is 1. The van der Waals surface area contributed by atoms with Crippen LogP contribution in [0.5, 0.6) is 0 Å². The number of amides is 1. The van der Waals surface area contributed by atoms with Crippen LogP contribution in [0, 0.1) is 12.8 Å². The number of carbonyl (C=O) groups is 2. The lowest BCUT2D eigenvalue weighted by atomic mass is 10.0. The number of hydrogen-bond acceptors (Lipinski definition) is 5. The van der Waals surface area contributed by atoms with E-state index in [-0.39, 0.29) is 30.4 Å². The number of carbonyl (C=O) groups excluding carboxylic acids is 2. The van der Waals surface area contributed by atoms with E-state index in [9.17, 15) is 9.59 Å². The van der Waals surface area contributed by atoms with E-state index in [1.165, 1.54) is 5.01 Å². The zero-order valence-corrected chi connectivity index (χ0v) is 16.4. The van der Waals surface area contributed by atoms with Gasteiger partial charge in [0.25, 0.3) is 5.91 Å². The molecule has 0 unspecified atom stereocenters. The number of rotatable bonds is 6. The van der Waals surface area contributed by atoms with Gasteiger partial charge in [-0.1, -0.05) is 42.0 Å². The lowest BCUT2D eigenvalue weighted by molar-refractivity contribution is -0.153. The minimum Gasteiger partial charge on any atom is -0.467 e. The first-order chi connectivity index (χ1) is 14.1. The fourth-order valence-electron chi connectivity index (χ4n) is 3.71. The van der Waals surface area contributed by atoms with Crippen molar-refractivity contribution in [2.45, 2.75) is 38.6 Å². The van der Waals surface area contributed by atoms with Crippen LogP contribution in [0.4, 0.5) is 0 Å². The molecule has 4 rings (SSSR count). The van der Waals surface area contributed by atoms with Gasteiger partial charge in [0.2, 0.25) is 0 Å². The Bertz CT molecular complexity index is 928. The highest BCUT2D eigenvalue weighted by molar-refractivity contribution is 6.03. The summed E-state index contributed by atoms with van der Waals surface area (Å²) in [6.45, 7) is 1.70. The number of aryl methyl sites for hydroxylation is 1. The van der Waals surface area contributed by atoms with Crippen LogP contribution in [0.1, 0.15) is 48.6 Å². The third kappa shape index (κ3) is 4.47. The molecule has 1 aromatic carbocycles. The Morgan fingerprint density at radius 3 is 2.76 bits per heavy atom. The standard InChI is InChI=1S/C23H24N2O4/c1-16-8-10-18(11-9-16)19-14-20(21-7-4-12-28-21)25(24-19)22(26)15-29-23(27)13-17-5-2-3-6-17/h2,4-5,7-12,17,20H,3,6,13-15H2,1H3/t17-,20-/m0/s1. The lowest BCUT2D eigenvalue weighted by Gasteiger charge is -2.19. The first-order valence-electron chi connectivity index (χ1n) is 9.92. The van der Waals surface area contributed by atoms with E-state index in [0.29, 0.717) is 18.6 Å². The van der Waals surface area contributed by atoms with Crippen molar-refractivity contribution < 1.29 is 18.7 Å². The van der Waals surface area contributed by atoms with Crippen LogP contribution < -0.4 is 0 Å². The Hall–Kier alpha value is -3.15. The summed E-state index contributed by atoms with van der Waals surface area (Å²) in [5.41, 5.74) is 2.93. The third-order valence-corrected chi connectivity index (χ3v) is 5.32. The van der Waals surface area contributed by atoms with Gasteiger partial charge in [-0.05, 0) is 43.4 Å². The van der Waals surface area contributed by atoms with Gasteiger partial charge in [-0.3, -0.25) is 9.59 Å². The first kappa shape index (κ1) is 19.2. The Kier molecular flexibility index (Phi) is 5.60. The maximum Gasteiger partial charge on any atom is 0.306 e. The quantitative estimate of drug-likeness (QED) is 0.546. The van der Waals surface area contributed by atoms with Crippen molar-refractivity contribution in [2.24, 2.45) is 11.0 Å². The van der Waals surface area contributed by atoms with Crippen LogP contribution in [0.15, 0.2) is 64.3 Å². The maximum absolute atomic E-state index is 12.8. The van der Waals surface area contributed by atoms with Crippen LogP contribution in [0.25, 0.3) is 0 Å². The molecule has 1 amide bonds. The summed E-state index contributed by atoms with van der Waals surface area (Å²) < 4.78 is 10.8. The van der Waals surface area contributed by atoms with Crippen LogP contribution in [-0.4, -0.2) is 29.2 Å². The number of hydrazone groups is 1. The fourth-order valence-corrected chi connectivity index (χ4v) is 3.71. The van der Waals surface area contributed by atoms with Crippen molar-refractivity contribution in [2.75, 3.05) is 6.61 Å². The van der Waals surface area contributed by atoms with E-state index in [0.717, 1.165) is 29.7 Å². The molecule has 0 bridgehead atoms. The van der Waals surface area contributed by atoms with Crippen LogP contribution in [0.3, 0.4) is 0 Å². The Morgan fingerprint density at radius 2 is 2.07 bits per heavy atom. The van der Waals surface area contributed by atoms with Gasteiger partial charge in [0.1, 0.15) is 11.8 Å². The Morgan fingerprint density at radius 1 is 1.24 bits per heavy atom. The minimum atomic E-state index is -0.358. The second-order valence-corrected chi connectivity index (χ2v) is 7.52. The molecule has 0 fully saturated rings. The van der Waals surface area contributed by atoms with Crippen molar-refractivity contribution >= 4 is 17.6 Å². The van der Waals surface area contributed by atoms with Gasteiger partial charge in [0.05, 0.1) is 18.4 Å². The van der Waals surface area contributed by atoms with E-state index >= 15 is 0 Å². The van der Waals surface area contributed by atoms with Crippen LogP contribution in [-0.2, 0) is 14.3 Å². The zero-order valence-electron chi connectivity index (χ0n) is 16.4. The molecule has 0 radical (unpaired) electrons. The summed E-state index contributed by atoms with van der Waals surface area (Å²) >= 11 is 0. The summed E-state index contributed by atoms with van der Waals surface area (Å²) in [6, 6.07) is 11.3. The SMILES string of the molecule is Cc1ccc(C2=NN(C(=O)COC(=O)C[C@H]3C=CCC3)[C@H](c3ccco3)C2)cc1. The molecule has 1 aromatic heterocycles. The van der Waals surface area contributed by atoms with E-state index < -0.39 is 0 Å². The molecule has 2 aliphatic rings. The predicted octanol–water partition coefficient (Wildman–Crippen LogP) is 4.17. The largest absolute Gasteiger partial charge is 0.467 e. The van der Waals surface area contributed by atoms with Crippen molar-refractivity contribution in [1.82, 2.24) is 5.01 Å². The van der Waals surface area contributed by atoms with Gasteiger partial charge in [0, 0.05) is 6.42 Å². The molecule has 6 nitrogen and oxygen atoms in total. The second kappa shape index (κ2) is 8.47. The van der Waals surface area contributed by atoms with Gasteiger partial charge in [-0.15, -0.1) is 0 Å². The average molecular weight is 392 g/mol. The highest BCUT2D eigenvalue weighted by Gasteiger charge is 2.35. The molecule has 2 atom stereocenters. The van der Waals surface area contributed by atoms with E-state index in [2.05, 4.69) is 11.2 Å². The summed E-state index contributed by atoms with van der Waals surface area (Å²) in [7, 11) is 0. The average Bonchev–Trinajstić information content (AvgIpc) is 3.47. The van der Waals surface area contributed by atoms with E-state index in [1.807, 2.05) is 43.3 Å². The summed E-state index contributed by atoms with van der Waals surface area (Å²) in [5.74, 6) is 0.160. The number of allylic oxidation sites excluding steroid dienone is 2. The molecule has 29 heavy (non-hydrogen) atoms. The zero-order chi connectivity index (χ0) is 20.2. The number of esters is 1. The number of furan rings is 1. The smallest absolute Gasteiger partial charge is 0.306 e. The highest BCUT2D eigenvalue weighted by Crippen LogP contribution is 2.33. The molecule has 0 N–H and O–H groups in total. The normalized spacial score (nSPS) is 20.7. The number of ether oxygens (including phenoxy) is 1. The molecule has 1 aliphatic carbocycles. The lowest BCUT2D eigenvalue weighted by Crippen LogP contribution is -2.31. The summed E-state index contributed by atoms with van der Waals surface area (Å²) in [4.78, 5) is 24.9. The predicted molar refractivity (Wildman–Crippen MR) is 108 cm³/mol. The summed E-state index contributed by atoms with van der Waals surface area (Å²) in [6.07, 6.45) is 8.49. The van der Waals surface area contributed by atoms with Crippen molar-refractivity contribution in [3.63, 3.8) is 0 Å². The minimum absolute atomic E-state index is 0.214. The number of hydrogen-bond donors (Lipinski definition) is 0. The first-order valence-corrected chi connectivity index (χ1v) is 9.92. The Labute approximate surface area is 169 Å².